The van der Waals surface area contributed by atoms with Crippen LogP contribution < -0.4 is 5.32 Å². The van der Waals surface area contributed by atoms with Crippen LogP contribution in [0.5, 0.6) is 0 Å². The zero-order valence-electron chi connectivity index (χ0n) is 17.6. The maximum Gasteiger partial charge on any atom is 0.339 e. The lowest BCUT2D eigenvalue weighted by atomic mass is 10.1. The Morgan fingerprint density at radius 1 is 1.12 bits per heavy atom. The zero-order valence-corrected chi connectivity index (χ0v) is 19.9. The second-order valence-corrected chi connectivity index (χ2v) is 9.26. The highest BCUT2D eigenvalue weighted by molar-refractivity contribution is 8.00. The molecule has 0 aliphatic carbocycles. The van der Waals surface area contributed by atoms with Crippen LogP contribution in [0.3, 0.4) is 0 Å². The predicted molar refractivity (Wildman–Crippen MR) is 126 cm³/mol. The maximum atomic E-state index is 12.6. The number of hydrogen-bond acceptors (Lipinski definition) is 5. The van der Waals surface area contributed by atoms with Crippen LogP contribution in [0.2, 0.25) is 10.0 Å². The highest BCUT2D eigenvalue weighted by Crippen LogP contribution is 2.26. The molecule has 1 N–H and O–H groups in total. The standard InChI is InChI=1S/C23H24Cl2N2O4S/c1-15(17-9-8-16(24)12-19(17)25)26-21(28)13-31-23(30)18-6-2-3-7-20(18)32-14-22(29)27-10-4-5-11-27/h2-3,6-9,12,15H,4-5,10-11,13-14H2,1H3,(H,26,28). The van der Waals surface area contributed by atoms with E-state index < -0.39 is 18.5 Å². The van der Waals surface area contributed by atoms with Crippen molar-refractivity contribution in [3.05, 3.63) is 63.6 Å². The van der Waals surface area contributed by atoms with Crippen molar-refractivity contribution in [1.29, 1.82) is 0 Å². The number of likely N-dealkylation sites (tertiary alicyclic amines) is 1. The molecule has 1 unspecified atom stereocenters. The van der Waals surface area contributed by atoms with Crippen LogP contribution >= 0.6 is 35.0 Å². The minimum absolute atomic E-state index is 0.0601. The molecule has 1 saturated heterocycles. The number of rotatable bonds is 8. The van der Waals surface area contributed by atoms with Crippen molar-refractivity contribution in [3.8, 4) is 0 Å². The van der Waals surface area contributed by atoms with E-state index in [2.05, 4.69) is 5.32 Å². The Morgan fingerprint density at radius 2 is 1.84 bits per heavy atom. The molecule has 0 saturated carbocycles. The van der Waals surface area contributed by atoms with Gasteiger partial charge >= 0.3 is 5.97 Å². The topological polar surface area (TPSA) is 75.7 Å². The number of amides is 2. The van der Waals surface area contributed by atoms with Crippen molar-refractivity contribution in [2.24, 2.45) is 0 Å². The van der Waals surface area contributed by atoms with E-state index in [9.17, 15) is 14.4 Å². The average molecular weight is 495 g/mol. The quantitative estimate of drug-likeness (QED) is 0.423. The van der Waals surface area contributed by atoms with Crippen LogP contribution in [0.4, 0.5) is 0 Å². The lowest BCUT2D eigenvalue weighted by Crippen LogP contribution is -2.31. The molecular weight excluding hydrogens is 471 g/mol. The van der Waals surface area contributed by atoms with Gasteiger partial charge in [0.1, 0.15) is 0 Å². The van der Waals surface area contributed by atoms with Crippen LogP contribution in [0, 0.1) is 0 Å². The van der Waals surface area contributed by atoms with Crippen molar-refractivity contribution in [1.82, 2.24) is 10.2 Å². The maximum absolute atomic E-state index is 12.6. The fourth-order valence-electron chi connectivity index (χ4n) is 3.38. The Bertz CT molecular complexity index is 996. The van der Waals surface area contributed by atoms with Gasteiger partial charge < -0.3 is 15.0 Å². The van der Waals surface area contributed by atoms with Gasteiger partial charge in [0.2, 0.25) is 5.91 Å². The third-order valence-electron chi connectivity index (χ3n) is 5.06. The largest absolute Gasteiger partial charge is 0.452 e. The molecular formula is C23H24Cl2N2O4S. The molecule has 1 aliphatic heterocycles. The number of carbonyl (C=O) groups excluding carboxylic acids is 3. The van der Waals surface area contributed by atoms with Gasteiger partial charge in [-0.05, 0) is 49.6 Å². The SMILES string of the molecule is CC(NC(=O)COC(=O)c1ccccc1SCC(=O)N1CCCC1)c1ccc(Cl)cc1Cl. The van der Waals surface area contributed by atoms with E-state index in [1.165, 1.54) is 11.8 Å². The number of thioether (sulfide) groups is 1. The van der Waals surface area contributed by atoms with Crippen molar-refractivity contribution in [2.75, 3.05) is 25.4 Å². The first-order chi connectivity index (χ1) is 15.3. The normalized spacial score (nSPS) is 14.2. The average Bonchev–Trinajstić information content (AvgIpc) is 3.31. The van der Waals surface area contributed by atoms with Gasteiger partial charge in [0.05, 0.1) is 17.4 Å². The third kappa shape index (κ3) is 6.64. The summed E-state index contributed by atoms with van der Waals surface area (Å²) in [5.41, 5.74) is 1.04. The molecule has 1 heterocycles. The van der Waals surface area contributed by atoms with Gasteiger partial charge in [-0.3, -0.25) is 9.59 Å². The van der Waals surface area contributed by atoms with Gasteiger partial charge in [0.25, 0.3) is 5.91 Å². The van der Waals surface area contributed by atoms with Crippen LogP contribution in [-0.2, 0) is 14.3 Å². The molecule has 1 fully saturated rings. The van der Waals surface area contributed by atoms with Crippen LogP contribution in [-0.4, -0.2) is 48.1 Å². The van der Waals surface area contributed by atoms with E-state index >= 15 is 0 Å². The lowest BCUT2D eigenvalue weighted by Gasteiger charge is -2.16. The van der Waals surface area contributed by atoms with Gasteiger partial charge in [0.15, 0.2) is 6.61 Å². The van der Waals surface area contributed by atoms with Gasteiger partial charge in [0, 0.05) is 28.0 Å². The summed E-state index contributed by atoms with van der Waals surface area (Å²) in [6.45, 7) is 2.92. The molecule has 9 heteroatoms. The van der Waals surface area contributed by atoms with E-state index in [-0.39, 0.29) is 17.7 Å². The van der Waals surface area contributed by atoms with Crippen LogP contribution in [0.15, 0.2) is 47.4 Å². The van der Waals surface area contributed by atoms with E-state index in [1.54, 1.807) is 49.4 Å². The predicted octanol–water partition coefficient (Wildman–Crippen LogP) is 4.74. The van der Waals surface area contributed by atoms with E-state index in [1.807, 2.05) is 4.90 Å². The zero-order chi connectivity index (χ0) is 23.1. The van der Waals surface area contributed by atoms with Crippen molar-refractivity contribution in [3.63, 3.8) is 0 Å². The second-order valence-electron chi connectivity index (χ2n) is 7.40. The Hall–Kier alpha value is -2.22. The van der Waals surface area contributed by atoms with Gasteiger partial charge in [-0.15, -0.1) is 11.8 Å². The number of esters is 1. The fraction of sp³-hybridized carbons (Fsp3) is 0.348. The number of hydrogen-bond donors (Lipinski definition) is 1. The molecule has 2 aromatic carbocycles. The molecule has 32 heavy (non-hydrogen) atoms. The Balaban J connectivity index is 1.53. The van der Waals surface area contributed by atoms with Gasteiger partial charge in [-0.2, -0.15) is 0 Å². The van der Waals surface area contributed by atoms with Gasteiger partial charge in [-0.25, -0.2) is 4.79 Å². The summed E-state index contributed by atoms with van der Waals surface area (Å²) >= 11 is 13.4. The number of benzene rings is 2. The first kappa shape index (κ1) is 24.4. The minimum atomic E-state index is -0.617. The fourth-order valence-corrected chi connectivity index (χ4v) is 4.90. The third-order valence-corrected chi connectivity index (χ3v) is 6.68. The molecule has 3 rings (SSSR count). The number of ether oxygens (including phenoxy) is 1. The molecule has 170 valence electrons. The summed E-state index contributed by atoms with van der Waals surface area (Å²) < 4.78 is 5.21. The molecule has 1 aliphatic rings. The van der Waals surface area contributed by atoms with Crippen molar-refractivity contribution < 1.29 is 19.1 Å². The summed E-state index contributed by atoms with van der Waals surface area (Å²) in [6, 6.07) is 11.5. The Labute approximate surface area is 201 Å². The summed E-state index contributed by atoms with van der Waals surface area (Å²) in [5.74, 6) is -0.755. The molecule has 1 atom stereocenters. The monoisotopic (exact) mass is 494 g/mol. The van der Waals surface area contributed by atoms with Crippen molar-refractivity contribution >= 4 is 52.7 Å². The molecule has 0 radical (unpaired) electrons. The molecule has 6 nitrogen and oxygen atoms in total. The number of carbonyl (C=O) groups is 3. The Morgan fingerprint density at radius 3 is 2.56 bits per heavy atom. The number of nitrogens with zero attached hydrogens (tertiary/aromatic N) is 1. The van der Waals surface area contributed by atoms with Gasteiger partial charge in [-0.1, -0.05) is 41.4 Å². The van der Waals surface area contributed by atoms with E-state index in [0.29, 0.717) is 26.1 Å². The van der Waals surface area contributed by atoms with E-state index in [4.69, 9.17) is 27.9 Å². The van der Waals surface area contributed by atoms with Crippen molar-refractivity contribution in [2.45, 2.75) is 30.7 Å². The molecule has 0 aromatic heterocycles. The number of nitrogens with one attached hydrogen (secondary N) is 1. The summed E-state index contributed by atoms with van der Waals surface area (Å²) in [7, 11) is 0. The molecule has 2 aromatic rings. The number of halogens is 2. The van der Waals surface area contributed by atoms with Crippen LogP contribution in [0.25, 0.3) is 0 Å². The Kier molecular flexibility index (Phi) is 8.84. The van der Waals surface area contributed by atoms with Crippen LogP contribution in [0.1, 0.15) is 41.7 Å². The second kappa shape index (κ2) is 11.6. The van der Waals surface area contributed by atoms with E-state index in [0.717, 1.165) is 25.9 Å². The lowest BCUT2D eigenvalue weighted by molar-refractivity contribution is -0.127. The summed E-state index contributed by atoms with van der Waals surface area (Å²) in [6.07, 6.45) is 2.06. The molecule has 0 spiro atoms. The summed E-state index contributed by atoms with van der Waals surface area (Å²) in [5, 5.41) is 3.70. The minimum Gasteiger partial charge on any atom is -0.452 e. The highest BCUT2D eigenvalue weighted by Gasteiger charge is 2.20. The first-order valence-corrected chi connectivity index (χ1v) is 12.0. The first-order valence-electron chi connectivity index (χ1n) is 10.3. The highest BCUT2D eigenvalue weighted by atomic mass is 35.5. The molecule has 0 bridgehead atoms. The summed E-state index contributed by atoms with van der Waals surface area (Å²) in [4.78, 5) is 39.6. The molecule has 2 amide bonds. The smallest absolute Gasteiger partial charge is 0.339 e.